The molecule has 0 radical (unpaired) electrons. The highest BCUT2D eigenvalue weighted by atomic mass is 19.4. The van der Waals surface area contributed by atoms with E-state index in [1.165, 1.54) is 31.2 Å². The lowest BCUT2D eigenvalue weighted by atomic mass is 9.93. The van der Waals surface area contributed by atoms with Crippen molar-refractivity contribution in [2.75, 3.05) is 0 Å². The van der Waals surface area contributed by atoms with Gasteiger partial charge in [-0.3, -0.25) is 0 Å². The normalized spacial score (nSPS) is 17.4. The number of hydrogen-bond donors (Lipinski definition) is 0. The van der Waals surface area contributed by atoms with Gasteiger partial charge in [0, 0.05) is 5.57 Å². The minimum Gasteiger partial charge on any atom is -0.237 e. The van der Waals surface area contributed by atoms with E-state index in [0.717, 1.165) is 0 Å². The van der Waals surface area contributed by atoms with Crippen LogP contribution in [0.3, 0.4) is 0 Å². The summed E-state index contributed by atoms with van der Waals surface area (Å²) in [5, 5.41) is 28.0. The number of nitriles is 3. The first-order valence-corrected chi connectivity index (χ1v) is 8.23. The molecule has 0 saturated heterocycles. The highest BCUT2D eigenvalue weighted by Crippen LogP contribution is 2.53. The van der Waals surface area contributed by atoms with Gasteiger partial charge in [0.1, 0.15) is 6.07 Å². The van der Waals surface area contributed by atoms with Crippen LogP contribution in [0.15, 0.2) is 34.7 Å². The van der Waals surface area contributed by atoms with Gasteiger partial charge < -0.3 is 0 Å². The Morgan fingerprint density at radius 3 is 1.84 bits per heavy atom. The van der Waals surface area contributed by atoms with Gasteiger partial charge in [-0.2, -0.15) is 18.4 Å². The Kier molecular flexibility index (Phi) is 4.70. The molecule has 0 atom stereocenters. The molecule has 0 N–H and O–H groups in total. The number of allylic oxidation sites excluding steroid dienone is 7. The van der Waals surface area contributed by atoms with Crippen molar-refractivity contribution in [2.45, 2.75) is 13.1 Å². The summed E-state index contributed by atoms with van der Waals surface area (Å²) in [5.41, 5.74) is -3.65. The van der Waals surface area contributed by atoms with Crippen LogP contribution in [0.2, 0.25) is 0 Å². The first kappa shape index (κ1) is 20.6. The average Bonchev–Trinajstić information content (AvgIpc) is 3.20. The van der Waals surface area contributed by atoms with Crippen LogP contribution in [0.25, 0.3) is 37.0 Å². The topological polar surface area (TPSA) is 84.4 Å². The van der Waals surface area contributed by atoms with E-state index in [1.807, 2.05) is 0 Å². The van der Waals surface area contributed by atoms with Gasteiger partial charge in [0.25, 0.3) is 11.4 Å². The minimum absolute atomic E-state index is 0.0313. The van der Waals surface area contributed by atoms with Crippen molar-refractivity contribution in [1.29, 1.82) is 15.8 Å². The number of benzene rings is 1. The summed E-state index contributed by atoms with van der Waals surface area (Å²) in [6.07, 6.45) is -5.03. The average molecular weight is 410 g/mol. The zero-order chi connectivity index (χ0) is 23.1. The molecule has 2 aliphatic carbocycles. The lowest BCUT2D eigenvalue weighted by molar-refractivity contribution is -0.0862. The quantitative estimate of drug-likeness (QED) is 0.417. The van der Waals surface area contributed by atoms with Gasteiger partial charge in [-0.15, -0.1) is 0 Å². The fourth-order valence-corrected chi connectivity index (χ4v) is 3.70. The summed E-state index contributed by atoms with van der Waals surface area (Å²) < 4.78 is 41.6. The molecule has 0 aliphatic heterocycles. The predicted octanol–water partition coefficient (Wildman–Crippen LogP) is 5.51. The van der Waals surface area contributed by atoms with Crippen molar-refractivity contribution in [3.8, 4) is 18.2 Å². The van der Waals surface area contributed by atoms with Gasteiger partial charge in [-0.05, 0) is 46.4 Å². The molecule has 0 heterocycles. The number of halogens is 3. The van der Waals surface area contributed by atoms with Crippen LogP contribution in [-0.4, -0.2) is 6.18 Å². The Labute approximate surface area is 174 Å². The van der Waals surface area contributed by atoms with Gasteiger partial charge in [0.15, 0.2) is 5.70 Å². The molecule has 0 unspecified atom stereocenters. The molecular formula is C22H5F3N6. The van der Waals surface area contributed by atoms with Gasteiger partial charge in [-0.1, -0.05) is 6.07 Å². The fraction of sp³-hybridized carbons (Fsp3) is 0.0909. The summed E-state index contributed by atoms with van der Waals surface area (Å²) in [7, 11) is 0. The Morgan fingerprint density at radius 2 is 1.39 bits per heavy atom. The van der Waals surface area contributed by atoms with Crippen LogP contribution < -0.4 is 0 Å². The number of hydrogen-bond acceptors (Lipinski definition) is 3. The van der Waals surface area contributed by atoms with Crippen LogP contribution >= 0.6 is 0 Å². The van der Waals surface area contributed by atoms with Crippen LogP contribution in [0.1, 0.15) is 29.2 Å². The molecule has 2 aliphatic rings. The first-order chi connectivity index (χ1) is 14.7. The molecule has 1 aromatic carbocycles. The second kappa shape index (κ2) is 7.06. The van der Waals surface area contributed by atoms with Crippen LogP contribution in [0.4, 0.5) is 13.2 Å². The molecule has 6 nitrogen and oxygen atoms in total. The van der Waals surface area contributed by atoms with E-state index in [9.17, 15) is 29.0 Å². The molecule has 1 aromatic rings. The minimum atomic E-state index is -5.03. The first-order valence-electron chi connectivity index (χ1n) is 8.23. The number of nitrogens with zero attached hydrogens (tertiary/aromatic N) is 6. The Hall–Kier alpha value is -5.09. The van der Waals surface area contributed by atoms with Crippen molar-refractivity contribution in [1.82, 2.24) is 0 Å². The van der Waals surface area contributed by atoms with Crippen molar-refractivity contribution in [3.05, 3.63) is 91.2 Å². The number of rotatable bonds is 0. The summed E-state index contributed by atoms with van der Waals surface area (Å²) in [6.45, 7) is 23.3. The Bertz CT molecular complexity index is 1440. The monoisotopic (exact) mass is 410 g/mol. The molecule has 0 bridgehead atoms. The van der Waals surface area contributed by atoms with Crippen molar-refractivity contribution in [2.24, 2.45) is 0 Å². The number of alkyl halides is 3. The third-order valence-corrected chi connectivity index (χ3v) is 4.87. The molecule has 144 valence electrons. The van der Waals surface area contributed by atoms with Crippen molar-refractivity contribution in [3.63, 3.8) is 0 Å². The zero-order valence-corrected chi connectivity index (χ0v) is 15.5. The molecule has 9 heteroatoms. The van der Waals surface area contributed by atoms with Crippen LogP contribution in [0, 0.1) is 53.7 Å². The van der Waals surface area contributed by atoms with Crippen LogP contribution in [0.5, 0.6) is 0 Å². The lowest BCUT2D eigenvalue weighted by Crippen LogP contribution is -2.13. The Balaban J connectivity index is 2.58. The van der Waals surface area contributed by atoms with E-state index in [2.05, 4.69) is 14.5 Å². The van der Waals surface area contributed by atoms with Gasteiger partial charge in [-0.25, -0.2) is 25.1 Å². The summed E-state index contributed by atoms with van der Waals surface area (Å²) >= 11 is 0. The summed E-state index contributed by atoms with van der Waals surface area (Å²) in [6, 6.07) is 7.09. The molecule has 0 aromatic heterocycles. The van der Waals surface area contributed by atoms with Gasteiger partial charge in [0.2, 0.25) is 0 Å². The number of fused-ring (bicyclic) bond motifs is 2. The van der Waals surface area contributed by atoms with Crippen molar-refractivity contribution < 1.29 is 13.2 Å². The largest absolute Gasteiger partial charge is 0.417 e. The Morgan fingerprint density at radius 1 is 0.871 bits per heavy atom. The van der Waals surface area contributed by atoms with E-state index in [1.54, 1.807) is 6.07 Å². The molecule has 0 saturated carbocycles. The summed E-state index contributed by atoms with van der Waals surface area (Å²) in [4.78, 5) is 9.44. The highest BCUT2D eigenvalue weighted by molar-refractivity contribution is 6.11. The molecular weight excluding hydrogens is 405 g/mol. The van der Waals surface area contributed by atoms with E-state index < -0.39 is 28.6 Å². The van der Waals surface area contributed by atoms with E-state index in [-0.39, 0.29) is 39.2 Å². The third-order valence-electron chi connectivity index (χ3n) is 4.87. The fourth-order valence-electron chi connectivity index (χ4n) is 3.70. The predicted molar refractivity (Wildman–Crippen MR) is 102 cm³/mol. The lowest BCUT2D eigenvalue weighted by Gasteiger charge is -2.12. The smallest absolute Gasteiger partial charge is 0.237 e. The van der Waals surface area contributed by atoms with E-state index in [0.29, 0.717) is 5.57 Å². The highest BCUT2D eigenvalue weighted by Gasteiger charge is 2.46. The molecule has 0 amide bonds. The molecule has 31 heavy (non-hydrogen) atoms. The molecule has 0 fully saturated rings. The van der Waals surface area contributed by atoms with Crippen molar-refractivity contribution >= 4 is 22.4 Å². The van der Waals surface area contributed by atoms with Gasteiger partial charge in [0.05, 0.1) is 43.0 Å². The third kappa shape index (κ3) is 2.75. The maximum absolute atomic E-state index is 13.9. The second-order valence-electron chi connectivity index (χ2n) is 6.28. The van der Waals surface area contributed by atoms with Gasteiger partial charge >= 0.3 is 6.18 Å². The standard InChI is InChI=1S/C22H5F3N6/c1-10-18(16(8-27)29-2)13-5-11-12(6-14(13)21(10)31-4)19(17(9-28)30-3)20(15(11)7-26)22(23,24)25/h5-6H,1H3/b18-16+,19-17+. The van der Waals surface area contributed by atoms with E-state index in [4.69, 9.17) is 19.7 Å². The van der Waals surface area contributed by atoms with E-state index >= 15 is 0 Å². The SMILES string of the molecule is [C-]#[N+]C1=C(C)/C(=C(/C#N)[N+]#[C-])c2cc3c(cc21)/C(=C(/C#N)[N+]#[C-])C(C(F)(F)F)=C3C#N. The van der Waals surface area contributed by atoms with Crippen LogP contribution in [-0.2, 0) is 0 Å². The zero-order valence-electron chi connectivity index (χ0n) is 15.5. The molecule has 0 spiro atoms. The second-order valence-corrected chi connectivity index (χ2v) is 6.28. The molecule has 3 rings (SSSR count). The maximum atomic E-state index is 13.9. The summed E-state index contributed by atoms with van der Waals surface area (Å²) in [5.74, 6) is 0. The maximum Gasteiger partial charge on any atom is 0.417 e.